The Labute approximate surface area is 379 Å². The van der Waals surface area contributed by atoms with E-state index in [4.69, 9.17) is 63.1 Å². The molecule has 0 atom stereocenters. The zero-order valence-electron chi connectivity index (χ0n) is 36.4. The van der Waals surface area contributed by atoms with Crippen LogP contribution in [0.3, 0.4) is 0 Å². The highest BCUT2D eigenvalue weighted by molar-refractivity contribution is 6.40. The number of benzene rings is 3. The number of hydrogen-bond acceptors (Lipinski definition) is 6. The summed E-state index contributed by atoms with van der Waals surface area (Å²) in [6, 6.07) is 13.8. The van der Waals surface area contributed by atoms with Crippen molar-refractivity contribution in [1.29, 1.82) is 0 Å². The highest BCUT2D eigenvalue weighted by atomic mass is 35.5. The van der Waals surface area contributed by atoms with Gasteiger partial charge in [-0.05, 0) is 94.9 Å². The zero-order valence-corrected chi connectivity index (χ0v) is 40.2. The molecule has 0 unspecified atom stereocenters. The first-order valence-corrected chi connectivity index (χ1v) is 21.5. The average molecular weight is 905 g/mol. The monoisotopic (exact) mass is 902 g/mol. The van der Waals surface area contributed by atoms with Crippen LogP contribution in [0.1, 0.15) is 95.6 Å². The van der Waals surface area contributed by atoms with Gasteiger partial charge in [-0.3, -0.25) is 9.59 Å². The summed E-state index contributed by atoms with van der Waals surface area (Å²) in [5.41, 5.74) is 6.34. The maximum absolute atomic E-state index is 13.7. The predicted octanol–water partition coefficient (Wildman–Crippen LogP) is 17.5. The molecule has 0 bridgehead atoms. The summed E-state index contributed by atoms with van der Waals surface area (Å²) in [7, 11) is 0. The Morgan fingerprint density at radius 1 is 0.467 bits per heavy atom. The molecule has 11 heteroatoms. The summed E-state index contributed by atoms with van der Waals surface area (Å²) < 4.78 is 0. The smallest absolute Gasteiger partial charge is 0.186 e. The molecule has 0 amide bonds. The molecule has 0 heterocycles. The maximum atomic E-state index is 13.7. The Balaban J connectivity index is 1.54. The normalized spacial score (nSPS) is 15.8. The van der Waals surface area contributed by atoms with Gasteiger partial charge in [0.2, 0.25) is 0 Å². The van der Waals surface area contributed by atoms with Crippen LogP contribution in [-0.2, 0) is 9.59 Å². The number of halogens is 5. The van der Waals surface area contributed by atoms with Gasteiger partial charge in [0.15, 0.2) is 11.6 Å². The van der Waals surface area contributed by atoms with Gasteiger partial charge >= 0.3 is 0 Å². The van der Waals surface area contributed by atoms with Crippen LogP contribution in [0.2, 0.25) is 25.1 Å². The van der Waals surface area contributed by atoms with Gasteiger partial charge in [-0.25, -0.2) is 0 Å². The van der Waals surface area contributed by atoms with Gasteiger partial charge in [0, 0.05) is 49.6 Å². The molecule has 60 heavy (non-hydrogen) atoms. The third-order valence-corrected chi connectivity index (χ3v) is 11.6. The summed E-state index contributed by atoms with van der Waals surface area (Å²) in [6.45, 7) is 26.1. The largest absolute Gasteiger partial charge is 0.289 e. The minimum absolute atomic E-state index is 0.0105. The average Bonchev–Trinajstić information content (AvgIpc) is 3.12. The number of azo groups is 2. The van der Waals surface area contributed by atoms with E-state index in [1.807, 2.05) is 126 Å². The van der Waals surface area contributed by atoms with Crippen molar-refractivity contribution in [2.75, 3.05) is 0 Å². The SMILES string of the molecule is CC(/N=N/c1cc(Cl)c(-c2cc(Cl)c(/N=N/C(=C3C=C(C(C)(C)C)C(=O)C(C(C)(C)C)=C3)c3ccc(Cl)cc3)cc2Cl)cc1Cl)=C1C=C(C(C)(C)C)C(=O)C(C(C)(C)C)=C1. The summed E-state index contributed by atoms with van der Waals surface area (Å²) in [6.07, 6.45) is 7.57. The van der Waals surface area contributed by atoms with Crippen molar-refractivity contribution in [3.63, 3.8) is 0 Å². The molecule has 0 aromatic heterocycles. The maximum Gasteiger partial charge on any atom is 0.186 e. The lowest BCUT2D eigenvalue weighted by atomic mass is 9.71. The lowest BCUT2D eigenvalue weighted by Gasteiger charge is -2.31. The molecule has 0 N–H and O–H groups in total. The molecular formula is C49H51Cl5N4O2. The number of ketones is 2. The summed E-state index contributed by atoms with van der Waals surface area (Å²) in [5, 5.41) is 20.1. The minimum atomic E-state index is -0.427. The first kappa shape index (κ1) is 47.1. The van der Waals surface area contributed by atoms with E-state index in [0.29, 0.717) is 71.3 Å². The first-order valence-electron chi connectivity index (χ1n) is 19.6. The molecule has 0 fully saturated rings. The Bertz CT molecular complexity index is 2470. The van der Waals surface area contributed by atoms with Gasteiger partial charge in [0.1, 0.15) is 17.1 Å². The number of carbonyl (C=O) groups excluding carboxylic acids is 2. The zero-order chi connectivity index (χ0) is 44.9. The van der Waals surface area contributed by atoms with Crippen molar-refractivity contribution in [2.45, 2.75) is 90.0 Å². The molecule has 3 aromatic rings. The van der Waals surface area contributed by atoms with Crippen LogP contribution in [-0.4, -0.2) is 11.6 Å². The molecule has 0 radical (unpaired) electrons. The molecule has 0 saturated carbocycles. The van der Waals surface area contributed by atoms with Crippen LogP contribution in [0.15, 0.2) is 132 Å². The molecule has 2 aliphatic rings. The fraction of sp³-hybridized carbons (Fsp3) is 0.347. The highest BCUT2D eigenvalue weighted by Gasteiger charge is 2.36. The van der Waals surface area contributed by atoms with Gasteiger partial charge in [-0.15, -0.1) is 15.3 Å². The number of hydrogen-bond donors (Lipinski definition) is 0. The third kappa shape index (κ3) is 10.6. The van der Waals surface area contributed by atoms with Crippen LogP contribution in [0.4, 0.5) is 11.4 Å². The van der Waals surface area contributed by atoms with Gasteiger partial charge in [-0.1, -0.05) is 153 Å². The number of carbonyl (C=O) groups is 2. The molecule has 6 nitrogen and oxygen atoms in total. The summed E-state index contributed by atoms with van der Waals surface area (Å²) >= 11 is 33.7. The van der Waals surface area contributed by atoms with Crippen LogP contribution in [0, 0.1) is 21.7 Å². The third-order valence-electron chi connectivity index (χ3n) is 10.1. The standard InChI is InChI=1S/C49H51Cl5N4O2/c1-26(28-18-33(46(2,3)4)44(59)34(19-28)47(5,6)7)55-56-41-24-37(51)31(22-39(41)53)32-23-40(54)42(25-38(32)52)57-58-43(27-14-16-30(50)17-15-27)29-20-35(48(8,9)10)45(60)36(21-29)49(11,12)13/h14-25H,1-13H3/b56-55+,58-57+. The van der Waals surface area contributed by atoms with Crippen LogP contribution < -0.4 is 0 Å². The fourth-order valence-electron chi connectivity index (χ4n) is 6.65. The second-order valence-electron chi connectivity index (χ2n) is 19.2. The summed E-state index contributed by atoms with van der Waals surface area (Å²) in [4.78, 5) is 27.2. The van der Waals surface area contributed by atoms with E-state index in [1.54, 1.807) is 36.4 Å². The molecule has 314 valence electrons. The molecule has 5 rings (SSSR count). The number of Topliss-reactive ketones (excluding diaryl/α,β-unsaturated/α-hetero) is 2. The highest BCUT2D eigenvalue weighted by Crippen LogP contribution is 2.45. The van der Waals surface area contributed by atoms with Crippen LogP contribution in [0.5, 0.6) is 0 Å². The van der Waals surface area contributed by atoms with E-state index in [0.717, 1.165) is 16.7 Å². The second kappa shape index (κ2) is 17.5. The topological polar surface area (TPSA) is 83.6 Å². The van der Waals surface area contributed by atoms with Crippen molar-refractivity contribution in [3.8, 4) is 11.1 Å². The quantitative estimate of drug-likeness (QED) is 0.231. The first-order chi connectivity index (χ1) is 27.6. The van der Waals surface area contributed by atoms with E-state index in [9.17, 15) is 9.59 Å². The van der Waals surface area contributed by atoms with Crippen molar-refractivity contribution in [1.82, 2.24) is 0 Å². The molecule has 2 aliphatic carbocycles. The molecule has 0 aliphatic heterocycles. The Morgan fingerprint density at radius 3 is 1.18 bits per heavy atom. The molecule has 0 spiro atoms. The summed E-state index contributed by atoms with van der Waals surface area (Å²) in [5.74, 6) is 0.0533. The molecular weight excluding hydrogens is 854 g/mol. The second-order valence-corrected chi connectivity index (χ2v) is 21.3. The number of rotatable bonds is 6. The van der Waals surface area contributed by atoms with E-state index in [1.165, 1.54) is 0 Å². The fourth-order valence-corrected chi connectivity index (χ4v) is 7.70. The van der Waals surface area contributed by atoms with Crippen LogP contribution in [0.25, 0.3) is 16.8 Å². The minimum Gasteiger partial charge on any atom is -0.289 e. The van der Waals surface area contributed by atoms with E-state index in [2.05, 4.69) is 15.3 Å². The Hall–Kier alpha value is -3.91. The van der Waals surface area contributed by atoms with Crippen molar-refractivity contribution >= 4 is 86.6 Å². The van der Waals surface area contributed by atoms with E-state index in [-0.39, 0.29) is 32.4 Å². The van der Waals surface area contributed by atoms with Crippen molar-refractivity contribution in [3.05, 3.63) is 143 Å². The van der Waals surface area contributed by atoms with E-state index < -0.39 is 10.8 Å². The number of allylic oxidation sites excluding steroid dienone is 11. The number of nitrogens with zero attached hydrogens (tertiary/aromatic N) is 4. The van der Waals surface area contributed by atoms with Gasteiger partial charge in [0.05, 0.1) is 25.8 Å². The Kier molecular flexibility index (Phi) is 13.7. The van der Waals surface area contributed by atoms with Crippen LogP contribution >= 0.6 is 58.0 Å². The van der Waals surface area contributed by atoms with Gasteiger partial charge in [-0.2, -0.15) is 5.11 Å². The molecule has 3 aromatic carbocycles. The van der Waals surface area contributed by atoms with Crippen molar-refractivity contribution in [2.24, 2.45) is 42.1 Å². The van der Waals surface area contributed by atoms with Crippen molar-refractivity contribution < 1.29 is 9.59 Å². The predicted molar refractivity (Wildman–Crippen MR) is 252 cm³/mol. The Morgan fingerprint density at radius 2 is 0.817 bits per heavy atom. The lowest BCUT2D eigenvalue weighted by molar-refractivity contribution is -0.114. The van der Waals surface area contributed by atoms with Gasteiger partial charge < -0.3 is 0 Å². The van der Waals surface area contributed by atoms with E-state index >= 15 is 0 Å². The van der Waals surface area contributed by atoms with Gasteiger partial charge in [0.25, 0.3) is 0 Å². The molecule has 0 saturated heterocycles. The lowest BCUT2D eigenvalue weighted by Crippen LogP contribution is -2.28.